The number of hydrogen-bond acceptors (Lipinski definition) is 6. The van der Waals surface area contributed by atoms with Crippen LogP contribution in [0.15, 0.2) is 4.52 Å². The number of nitrogens with one attached hydrogen (secondary N) is 2. The lowest BCUT2D eigenvalue weighted by Gasteiger charge is -2.20. The van der Waals surface area contributed by atoms with Crippen LogP contribution in [-0.2, 0) is 0 Å². The van der Waals surface area contributed by atoms with E-state index < -0.39 is 0 Å². The van der Waals surface area contributed by atoms with Crippen molar-refractivity contribution in [3.8, 4) is 0 Å². The molecule has 2 aliphatic heterocycles. The van der Waals surface area contributed by atoms with Crippen molar-refractivity contribution in [2.75, 3.05) is 18.8 Å². The van der Waals surface area contributed by atoms with Gasteiger partial charge in [0.25, 0.3) is 11.7 Å². The fourth-order valence-corrected chi connectivity index (χ4v) is 3.86. The predicted octanol–water partition coefficient (Wildman–Crippen LogP) is 1.51. The molecule has 2 saturated heterocycles. The largest absolute Gasteiger partial charge is 0.348 e. The Morgan fingerprint density at radius 3 is 3.10 bits per heavy atom. The molecule has 0 aromatic carbocycles. The molecule has 2 unspecified atom stereocenters. The Morgan fingerprint density at radius 1 is 1.40 bits per heavy atom. The molecule has 7 heteroatoms. The van der Waals surface area contributed by atoms with Gasteiger partial charge in [-0.1, -0.05) is 11.6 Å². The molecular weight excluding hydrogens is 276 g/mol. The SMILES string of the molecule is O=C(NCC1CCCCS1)c1noc(C2CCCN2)n1. The fourth-order valence-electron chi connectivity index (χ4n) is 2.62. The van der Waals surface area contributed by atoms with Gasteiger partial charge in [-0.3, -0.25) is 4.79 Å². The Hall–Kier alpha value is -1.08. The molecule has 2 fully saturated rings. The molecule has 1 aromatic heterocycles. The summed E-state index contributed by atoms with van der Waals surface area (Å²) < 4.78 is 5.17. The quantitative estimate of drug-likeness (QED) is 0.876. The number of aromatic nitrogens is 2. The molecule has 2 N–H and O–H groups in total. The highest BCUT2D eigenvalue weighted by Gasteiger charge is 2.24. The van der Waals surface area contributed by atoms with E-state index in [4.69, 9.17) is 4.52 Å². The first-order valence-corrected chi connectivity index (χ1v) is 8.34. The first kappa shape index (κ1) is 13.9. The van der Waals surface area contributed by atoms with Crippen LogP contribution in [0.25, 0.3) is 0 Å². The van der Waals surface area contributed by atoms with Gasteiger partial charge in [0.1, 0.15) is 0 Å². The third kappa shape index (κ3) is 3.32. The molecule has 0 radical (unpaired) electrons. The van der Waals surface area contributed by atoms with Crippen LogP contribution < -0.4 is 10.6 Å². The van der Waals surface area contributed by atoms with Crippen LogP contribution in [0, 0.1) is 0 Å². The van der Waals surface area contributed by atoms with Crippen molar-refractivity contribution in [2.45, 2.75) is 43.4 Å². The molecule has 2 atom stereocenters. The third-order valence-electron chi connectivity index (χ3n) is 3.77. The highest BCUT2D eigenvalue weighted by molar-refractivity contribution is 7.99. The molecule has 3 rings (SSSR count). The summed E-state index contributed by atoms with van der Waals surface area (Å²) in [4.78, 5) is 16.2. The minimum Gasteiger partial charge on any atom is -0.348 e. The van der Waals surface area contributed by atoms with Gasteiger partial charge in [-0.25, -0.2) is 0 Å². The minimum absolute atomic E-state index is 0.109. The number of amides is 1. The molecular formula is C13H20N4O2S. The van der Waals surface area contributed by atoms with Crippen LogP contribution in [0.5, 0.6) is 0 Å². The number of carbonyl (C=O) groups excluding carboxylic acids is 1. The second-order valence-electron chi connectivity index (χ2n) is 5.30. The molecule has 0 saturated carbocycles. The lowest BCUT2D eigenvalue weighted by Crippen LogP contribution is -2.32. The third-order valence-corrected chi connectivity index (χ3v) is 5.17. The molecule has 20 heavy (non-hydrogen) atoms. The molecule has 6 nitrogen and oxygen atoms in total. The lowest BCUT2D eigenvalue weighted by molar-refractivity contribution is 0.0940. The first-order valence-electron chi connectivity index (χ1n) is 7.30. The van der Waals surface area contributed by atoms with Crippen LogP contribution in [0.3, 0.4) is 0 Å². The molecule has 110 valence electrons. The second-order valence-corrected chi connectivity index (χ2v) is 6.71. The summed E-state index contributed by atoms with van der Waals surface area (Å²) in [5, 5.41) is 10.5. The second kappa shape index (κ2) is 6.58. The van der Waals surface area contributed by atoms with Gasteiger partial charge in [-0.15, -0.1) is 0 Å². The summed E-state index contributed by atoms with van der Waals surface area (Å²) in [6.45, 7) is 1.66. The Labute approximate surface area is 122 Å². The summed E-state index contributed by atoms with van der Waals surface area (Å²) in [6, 6.07) is 0.109. The van der Waals surface area contributed by atoms with E-state index in [9.17, 15) is 4.79 Å². The van der Waals surface area contributed by atoms with Crippen molar-refractivity contribution in [2.24, 2.45) is 0 Å². The van der Waals surface area contributed by atoms with Gasteiger partial charge < -0.3 is 15.2 Å². The first-order chi connectivity index (χ1) is 9.83. The van der Waals surface area contributed by atoms with E-state index in [-0.39, 0.29) is 17.8 Å². The summed E-state index contributed by atoms with van der Waals surface area (Å²) in [5.74, 6) is 1.64. The van der Waals surface area contributed by atoms with Crippen molar-refractivity contribution in [1.29, 1.82) is 0 Å². The number of carbonyl (C=O) groups is 1. The average molecular weight is 296 g/mol. The van der Waals surface area contributed by atoms with E-state index in [1.165, 1.54) is 25.0 Å². The Morgan fingerprint density at radius 2 is 2.35 bits per heavy atom. The number of thioether (sulfide) groups is 1. The van der Waals surface area contributed by atoms with E-state index in [0.717, 1.165) is 19.4 Å². The van der Waals surface area contributed by atoms with Crippen LogP contribution in [-0.4, -0.2) is 40.1 Å². The molecule has 1 aromatic rings. The minimum atomic E-state index is -0.232. The van der Waals surface area contributed by atoms with E-state index in [1.807, 2.05) is 11.8 Å². The average Bonchev–Trinajstić information content (AvgIpc) is 3.16. The van der Waals surface area contributed by atoms with Crippen LogP contribution >= 0.6 is 11.8 Å². The number of rotatable bonds is 4. The van der Waals surface area contributed by atoms with Gasteiger partial charge in [0.05, 0.1) is 6.04 Å². The smallest absolute Gasteiger partial charge is 0.292 e. The zero-order valence-electron chi connectivity index (χ0n) is 11.4. The topological polar surface area (TPSA) is 80.0 Å². The zero-order chi connectivity index (χ0) is 13.8. The molecule has 1 amide bonds. The highest BCUT2D eigenvalue weighted by Crippen LogP contribution is 2.24. The molecule has 3 heterocycles. The van der Waals surface area contributed by atoms with E-state index >= 15 is 0 Å². The summed E-state index contributed by atoms with van der Waals surface area (Å²) in [6.07, 6.45) is 5.81. The van der Waals surface area contributed by atoms with Crippen molar-refractivity contribution < 1.29 is 9.32 Å². The molecule has 0 spiro atoms. The maximum atomic E-state index is 12.0. The highest BCUT2D eigenvalue weighted by atomic mass is 32.2. The van der Waals surface area contributed by atoms with Gasteiger partial charge in [0.15, 0.2) is 0 Å². The van der Waals surface area contributed by atoms with Crippen molar-refractivity contribution in [3.63, 3.8) is 0 Å². The zero-order valence-corrected chi connectivity index (χ0v) is 12.2. The van der Waals surface area contributed by atoms with Crippen LogP contribution in [0.2, 0.25) is 0 Å². The number of hydrogen-bond donors (Lipinski definition) is 2. The summed E-state index contributed by atoms with van der Waals surface area (Å²) in [5.41, 5.74) is 0. The summed E-state index contributed by atoms with van der Waals surface area (Å²) >= 11 is 1.94. The Bertz CT molecular complexity index is 453. The number of nitrogens with zero attached hydrogens (tertiary/aromatic N) is 2. The monoisotopic (exact) mass is 296 g/mol. The predicted molar refractivity (Wildman–Crippen MR) is 76.7 cm³/mol. The summed E-state index contributed by atoms with van der Waals surface area (Å²) in [7, 11) is 0. The van der Waals surface area contributed by atoms with Gasteiger partial charge in [0, 0.05) is 11.8 Å². The van der Waals surface area contributed by atoms with Crippen LogP contribution in [0.4, 0.5) is 0 Å². The molecule has 0 bridgehead atoms. The van der Waals surface area contributed by atoms with E-state index in [1.54, 1.807) is 0 Å². The van der Waals surface area contributed by atoms with E-state index in [0.29, 0.717) is 17.7 Å². The Balaban J connectivity index is 1.51. The Kier molecular flexibility index (Phi) is 4.57. The van der Waals surface area contributed by atoms with Crippen molar-refractivity contribution in [3.05, 3.63) is 11.7 Å². The van der Waals surface area contributed by atoms with Gasteiger partial charge in [-0.05, 0) is 38.0 Å². The normalized spacial score (nSPS) is 26.6. The van der Waals surface area contributed by atoms with Gasteiger partial charge in [0.2, 0.25) is 5.89 Å². The molecule has 0 aliphatic carbocycles. The maximum Gasteiger partial charge on any atom is 0.292 e. The van der Waals surface area contributed by atoms with Crippen molar-refractivity contribution in [1.82, 2.24) is 20.8 Å². The molecule has 2 aliphatic rings. The van der Waals surface area contributed by atoms with E-state index in [2.05, 4.69) is 20.8 Å². The van der Waals surface area contributed by atoms with Crippen LogP contribution in [0.1, 0.15) is 54.7 Å². The lowest BCUT2D eigenvalue weighted by atomic mass is 10.2. The van der Waals surface area contributed by atoms with Gasteiger partial charge >= 0.3 is 0 Å². The fraction of sp³-hybridized carbons (Fsp3) is 0.769. The maximum absolute atomic E-state index is 12.0. The van der Waals surface area contributed by atoms with Gasteiger partial charge in [-0.2, -0.15) is 16.7 Å². The standard InChI is InChI=1S/C13H20N4O2S/c18-12(15-8-9-4-1-2-7-20-9)11-16-13(19-17-11)10-5-3-6-14-10/h9-10,14H,1-8H2,(H,15,18). The van der Waals surface area contributed by atoms with Crippen molar-refractivity contribution >= 4 is 17.7 Å².